The molecule has 112 valence electrons. The first-order valence-corrected chi connectivity index (χ1v) is 7.25. The lowest BCUT2D eigenvalue weighted by Gasteiger charge is -2.31. The predicted molar refractivity (Wildman–Crippen MR) is 74.7 cm³/mol. The Morgan fingerprint density at radius 2 is 2.25 bits per heavy atom. The molecule has 0 saturated carbocycles. The fourth-order valence-corrected chi connectivity index (χ4v) is 2.51. The number of piperidine rings is 1. The van der Waals surface area contributed by atoms with Crippen LogP contribution in [0.25, 0.3) is 0 Å². The van der Waals surface area contributed by atoms with E-state index < -0.39 is 5.97 Å². The van der Waals surface area contributed by atoms with E-state index in [2.05, 4.69) is 27.5 Å². The van der Waals surface area contributed by atoms with Gasteiger partial charge >= 0.3 is 5.97 Å². The monoisotopic (exact) mass is 281 g/mol. The second kappa shape index (κ2) is 7.35. The van der Waals surface area contributed by atoms with Gasteiger partial charge in [0.05, 0.1) is 12.7 Å². The molecule has 1 aliphatic rings. The highest BCUT2D eigenvalue weighted by Crippen LogP contribution is 2.15. The van der Waals surface area contributed by atoms with E-state index in [0.29, 0.717) is 6.54 Å². The van der Waals surface area contributed by atoms with Crippen molar-refractivity contribution in [1.29, 1.82) is 0 Å². The number of aromatic carboxylic acids is 1. The van der Waals surface area contributed by atoms with Crippen LogP contribution in [-0.4, -0.2) is 63.7 Å². The Labute approximate surface area is 119 Å². The normalized spacial score (nSPS) is 17.4. The summed E-state index contributed by atoms with van der Waals surface area (Å²) in [5, 5.41) is 19.5. The topological polar surface area (TPSA) is 83.3 Å². The molecule has 0 aromatic carbocycles. The molecule has 2 heterocycles. The molecular weight excluding hydrogens is 258 g/mol. The molecule has 0 bridgehead atoms. The minimum atomic E-state index is -1.04. The van der Waals surface area contributed by atoms with Gasteiger partial charge in [-0.15, -0.1) is 5.10 Å². The summed E-state index contributed by atoms with van der Waals surface area (Å²) < 4.78 is 1.57. The minimum Gasteiger partial charge on any atom is -0.476 e. The van der Waals surface area contributed by atoms with Gasteiger partial charge in [0.1, 0.15) is 0 Å². The number of nitrogens with one attached hydrogen (secondary N) is 1. The number of hydrogen-bond donors (Lipinski definition) is 2. The van der Waals surface area contributed by atoms with E-state index in [4.69, 9.17) is 5.11 Å². The number of likely N-dealkylation sites (tertiary alicyclic amines) is 1. The lowest BCUT2D eigenvalue weighted by Crippen LogP contribution is -2.37. The Balaban J connectivity index is 1.60. The molecule has 7 heteroatoms. The quantitative estimate of drug-likeness (QED) is 0.699. The first-order valence-electron chi connectivity index (χ1n) is 7.25. The van der Waals surface area contributed by atoms with Crippen molar-refractivity contribution in [2.75, 3.05) is 32.7 Å². The van der Waals surface area contributed by atoms with Gasteiger partial charge in [0, 0.05) is 6.54 Å². The summed E-state index contributed by atoms with van der Waals surface area (Å²) in [6.07, 6.45) is 3.98. The molecule has 20 heavy (non-hydrogen) atoms. The van der Waals surface area contributed by atoms with E-state index in [-0.39, 0.29) is 5.69 Å². The number of aromatic nitrogens is 3. The summed E-state index contributed by atoms with van der Waals surface area (Å²) in [5.74, 6) is -0.282. The van der Waals surface area contributed by atoms with Crippen LogP contribution in [0.3, 0.4) is 0 Å². The largest absolute Gasteiger partial charge is 0.476 e. The maximum Gasteiger partial charge on any atom is 0.358 e. The Morgan fingerprint density at radius 3 is 2.85 bits per heavy atom. The molecule has 1 saturated heterocycles. The van der Waals surface area contributed by atoms with E-state index in [1.54, 1.807) is 4.68 Å². The Kier molecular flexibility index (Phi) is 5.49. The van der Waals surface area contributed by atoms with Crippen LogP contribution in [0.2, 0.25) is 0 Å². The Morgan fingerprint density at radius 1 is 1.50 bits per heavy atom. The van der Waals surface area contributed by atoms with Gasteiger partial charge in [-0.25, -0.2) is 4.79 Å². The molecule has 2 N–H and O–H groups in total. The molecule has 0 aliphatic carbocycles. The average Bonchev–Trinajstić information content (AvgIpc) is 2.93. The number of carboxylic acid groups (broad SMARTS) is 1. The van der Waals surface area contributed by atoms with Crippen LogP contribution in [0.1, 0.15) is 30.3 Å². The van der Waals surface area contributed by atoms with Crippen LogP contribution in [0.4, 0.5) is 0 Å². The third kappa shape index (κ3) is 4.28. The molecule has 0 spiro atoms. The SMILES string of the molecule is CCN1CCC(CNCCn2cc(C(=O)O)nn2)CC1. The van der Waals surface area contributed by atoms with Gasteiger partial charge in [-0.2, -0.15) is 0 Å². The molecule has 1 aromatic heterocycles. The van der Waals surface area contributed by atoms with Crippen LogP contribution in [0.15, 0.2) is 6.20 Å². The molecular formula is C13H23N5O2. The van der Waals surface area contributed by atoms with Crippen molar-refractivity contribution in [3.63, 3.8) is 0 Å². The van der Waals surface area contributed by atoms with Gasteiger partial charge < -0.3 is 15.3 Å². The van der Waals surface area contributed by atoms with Crippen LogP contribution in [0, 0.1) is 5.92 Å². The van der Waals surface area contributed by atoms with Gasteiger partial charge in [-0.1, -0.05) is 12.1 Å². The molecule has 0 radical (unpaired) electrons. The number of carbonyl (C=O) groups is 1. The van der Waals surface area contributed by atoms with E-state index in [1.807, 2.05) is 0 Å². The van der Waals surface area contributed by atoms with E-state index >= 15 is 0 Å². The molecule has 1 aliphatic heterocycles. The van der Waals surface area contributed by atoms with Gasteiger partial charge in [-0.3, -0.25) is 4.68 Å². The Bertz CT molecular complexity index is 426. The van der Waals surface area contributed by atoms with Crippen molar-refractivity contribution < 1.29 is 9.90 Å². The smallest absolute Gasteiger partial charge is 0.358 e. The van der Waals surface area contributed by atoms with Crippen molar-refractivity contribution in [3.8, 4) is 0 Å². The molecule has 7 nitrogen and oxygen atoms in total. The van der Waals surface area contributed by atoms with Gasteiger partial charge in [0.15, 0.2) is 5.69 Å². The third-order valence-electron chi connectivity index (χ3n) is 3.86. The first kappa shape index (κ1) is 14.9. The van der Waals surface area contributed by atoms with Crippen molar-refractivity contribution in [2.45, 2.75) is 26.3 Å². The summed E-state index contributed by atoms with van der Waals surface area (Å²) >= 11 is 0. The van der Waals surface area contributed by atoms with E-state index in [0.717, 1.165) is 25.6 Å². The fraction of sp³-hybridized carbons (Fsp3) is 0.769. The average molecular weight is 281 g/mol. The van der Waals surface area contributed by atoms with Crippen molar-refractivity contribution in [2.24, 2.45) is 5.92 Å². The summed E-state index contributed by atoms with van der Waals surface area (Å²) in [7, 11) is 0. The zero-order valence-electron chi connectivity index (χ0n) is 12.0. The van der Waals surface area contributed by atoms with Gasteiger partial charge in [-0.05, 0) is 44.9 Å². The third-order valence-corrected chi connectivity index (χ3v) is 3.86. The van der Waals surface area contributed by atoms with Crippen LogP contribution in [0.5, 0.6) is 0 Å². The zero-order chi connectivity index (χ0) is 14.4. The van der Waals surface area contributed by atoms with Crippen molar-refractivity contribution in [1.82, 2.24) is 25.2 Å². The number of rotatable bonds is 7. The van der Waals surface area contributed by atoms with Crippen LogP contribution < -0.4 is 5.32 Å². The van der Waals surface area contributed by atoms with Crippen LogP contribution in [-0.2, 0) is 6.54 Å². The lowest BCUT2D eigenvalue weighted by molar-refractivity contribution is 0.0690. The summed E-state index contributed by atoms with van der Waals surface area (Å²) in [5.41, 5.74) is -0.00284. The summed E-state index contributed by atoms with van der Waals surface area (Å²) in [4.78, 5) is 13.2. The lowest BCUT2D eigenvalue weighted by atomic mass is 9.97. The molecule has 1 aromatic rings. The molecule has 0 atom stereocenters. The maximum atomic E-state index is 10.7. The van der Waals surface area contributed by atoms with E-state index in [9.17, 15) is 4.79 Å². The minimum absolute atomic E-state index is 0.00284. The second-order valence-electron chi connectivity index (χ2n) is 5.25. The predicted octanol–water partition coefficient (Wildman–Crippen LogP) is 0.298. The second-order valence-corrected chi connectivity index (χ2v) is 5.25. The summed E-state index contributed by atoms with van der Waals surface area (Å²) in [6, 6.07) is 0. The molecule has 1 fully saturated rings. The standard InChI is InChI=1S/C13H23N5O2/c1-2-17-6-3-11(4-7-17)9-14-5-8-18-10-12(13(19)20)15-16-18/h10-11,14H,2-9H2,1H3,(H,19,20). The van der Waals surface area contributed by atoms with Crippen molar-refractivity contribution in [3.05, 3.63) is 11.9 Å². The highest BCUT2D eigenvalue weighted by atomic mass is 16.4. The Hall–Kier alpha value is -1.47. The highest BCUT2D eigenvalue weighted by molar-refractivity contribution is 5.84. The van der Waals surface area contributed by atoms with Gasteiger partial charge in [0.25, 0.3) is 0 Å². The molecule has 0 amide bonds. The highest BCUT2D eigenvalue weighted by Gasteiger charge is 2.17. The molecule has 2 rings (SSSR count). The number of nitrogens with zero attached hydrogens (tertiary/aromatic N) is 4. The zero-order valence-corrected chi connectivity index (χ0v) is 12.0. The maximum absolute atomic E-state index is 10.7. The first-order chi connectivity index (χ1) is 9.69. The fourth-order valence-electron chi connectivity index (χ4n) is 2.51. The van der Waals surface area contributed by atoms with Crippen molar-refractivity contribution >= 4 is 5.97 Å². The summed E-state index contributed by atoms with van der Waals surface area (Å²) in [6.45, 7) is 8.23. The molecule has 0 unspecified atom stereocenters. The van der Waals surface area contributed by atoms with E-state index in [1.165, 1.54) is 32.1 Å². The van der Waals surface area contributed by atoms with Crippen LogP contribution >= 0.6 is 0 Å². The number of hydrogen-bond acceptors (Lipinski definition) is 5. The van der Waals surface area contributed by atoms with Gasteiger partial charge in [0.2, 0.25) is 0 Å². The number of carboxylic acids is 1.